The maximum Gasteiger partial charge on any atom is 0.252 e. The van der Waals surface area contributed by atoms with Gasteiger partial charge in [0, 0.05) is 5.56 Å². The molecule has 1 heterocycles. The first-order chi connectivity index (χ1) is 8.15. The summed E-state index contributed by atoms with van der Waals surface area (Å²) in [5.74, 6) is 0.860. The first-order valence-electron chi connectivity index (χ1n) is 5.71. The third kappa shape index (κ3) is 1.30. The summed E-state index contributed by atoms with van der Waals surface area (Å²) in [6, 6.07) is 5.93. The molecule has 0 bridgehead atoms. The van der Waals surface area contributed by atoms with Gasteiger partial charge in [-0.2, -0.15) is 5.10 Å². The SMILES string of the molecule is COc1ccc2c(c1)CC[C@]1(C)C(=O)NN=C21. The highest BCUT2D eigenvalue weighted by Gasteiger charge is 2.46. The number of hydrogen-bond donors (Lipinski definition) is 1. The zero-order valence-corrected chi connectivity index (χ0v) is 9.91. The number of nitrogens with zero attached hydrogens (tertiary/aromatic N) is 1. The van der Waals surface area contributed by atoms with Gasteiger partial charge >= 0.3 is 0 Å². The average molecular weight is 230 g/mol. The Kier molecular flexibility index (Phi) is 2.02. The lowest BCUT2D eigenvalue weighted by atomic mass is 9.71. The summed E-state index contributed by atoms with van der Waals surface area (Å²) in [7, 11) is 1.66. The van der Waals surface area contributed by atoms with Crippen LogP contribution < -0.4 is 10.2 Å². The lowest BCUT2D eigenvalue weighted by Gasteiger charge is -2.29. The van der Waals surface area contributed by atoms with Crippen molar-refractivity contribution in [2.24, 2.45) is 10.5 Å². The Balaban J connectivity index is 2.12. The quantitative estimate of drug-likeness (QED) is 0.794. The maximum absolute atomic E-state index is 11.8. The van der Waals surface area contributed by atoms with E-state index < -0.39 is 5.41 Å². The minimum Gasteiger partial charge on any atom is -0.497 e. The number of fused-ring (bicyclic) bond motifs is 3. The molecule has 0 aromatic heterocycles. The van der Waals surface area contributed by atoms with Crippen LogP contribution in [-0.4, -0.2) is 18.7 Å². The maximum atomic E-state index is 11.8. The molecular weight excluding hydrogens is 216 g/mol. The van der Waals surface area contributed by atoms with Crippen LogP contribution in [0, 0.1) is 5.41 Å². The van der Waals surface area contributed by atoms with Crippen LogP contribution in [0.25, 0.3) is 0 Å². The molecule has 4 heteroatoms. The first-order valence-corrected chi connectivity index (χ1v) is 5.71. The Labute approximate surface area is 99.7 Å². The molecule has 17 heavy (non-hydrogen) atoms. The van der Waals surface area contributed by atoms with Gasteiger partial charge in [-0.25, -0.2) is 5.43 Å². The molecule has 1 aromatic carbocycles. The van der Waals surface area contributed by atoms with E-state index >= 15 is 0 Å². The molecule has 4 nitrogen and oxygen atoms in total. The van der Waals surface area contributed by atoms with E-state index in [1.165, 1.54) is 5.56 Å². The molecule has 1 aliphatic heterocycles. The van der Waals surface area contributed by atoms with Crippen molar-refractivity contribution < 1.29 is 9.53 Å². The topological polar surface area (TPSA) is 50.7 Å². The number of amides is 1. The minimum absolute atomic E-state index is 0.00830. The fraction of sp³-hybridized carbons (Fsp3) is 0.385. The zero-order valence-electron chi connectivity index (χ0n) is 9.91. The second-order valence-corrected chi connectivity index (χ2v) is 4.76. The van der Waals surface area contributed by atoms with E-state index in [0.717, 1.165) is 29.9 Å². The van der Waals surface area contributed by atoms with Crippen LogP contribution in [0.15, 0.2) is 23.3 Å². The van der Waals surface area contributed by atoms with Crippen LogP contribution in [0.1, 0.15) is 24.5 Å². The molecule has 1 atom stereocenters. The number of rotatable bonds is 1. The largest absolute Gasteiger partial charge is 0.497 e. The van der Waals surface area contributed by atoms with E-state index in [1.807, 2.05) is 25.1 Å². The van der Waals surface area contributed by atoms with Gasteiger partial charge in [-0.05, 0) is 43.5 Å². The van der Waals surface area contributed by atoms with Crippen LogP contribution >= 0.6 is 0 Å². The van der Waals surface area contributed by atoms with Gasteiger partial charge in [0.05, 0.1) is 18.2 Å². The smallest absolute Gasteiger partial charge is 0.252 e. The van der Waals surface area contributed by atoms with Gasteiger partial charge in [-0.15, -0.1) is 0 Å². The number of carbonyl (C=O) groups excluding carboxylic acids is 1. The van der Waals surface area contributed by atoms with E-state index in [1.54, 1.807) is 7.11 Å². The normalized spacial score (nSPS) is 25.8. The number of ether oxygens (including phenoxy) is 1. The van der Waals surface area contributed by atoms with Crippen molar-refractivity contribution in [2.75, 3.05) is 7.11 Å². The summed E-state index contributed by atoms with van der Waals surface area (Å²) < 4.78 is 5.22. The lowest BCUT2D eigenvalue weighted by molar-refractivity contribution is -0.125. The monoisotopic (exact) mass is 230 g/mol. The molecule has 1 aliphatic carbocycles. The Bertz CT molecular complexity index is 536. The first kappa shape index (κ1) is 10.3. The van der Waals surface area contributed by atoms with E-state index in [4.69, 9.17) is 4.74 Å². The number of benzene rings is 1. The van der Waals surface area contributed by atoms with Crippen molar-refractivity contribution in [1.29, 1.82) is 0 Å². The van der Waals surface area contributed by atoms with Crippen LogP contribution in [0.5, 0.6) is 5.75 Å². The molecule has 0 unspecified atom stereocenters. The minimum atomic E-state index is -0.457. The summed E-state index contributed by atoms with van der Waals surface area (Å²) in [4.78, 5) is 11.8. The molecule has 0 radical (unpaired) electrons. The zero-order chi connectivity index (χ0) is 12.0. The summed E-state index contributed by atoms with van der Waals surface area (Å²) in [5.41, 5.74) is 5.27. The number of aryl methyl sites for hydroxylation is 1. The van der Waals surface area contributed by atoms with Gasteiger partial charge < -0.3 is 4.74 Å². The molecule has 88 valence electrons. The molecule has 0 saturated carbocycles. The highest BCUT2D eigenvalue weighted by Crippen LogP contribution is 2.39. The van der Waals surface area contributed by atoms with Crippen LogP contribution in [-0.2, 0) is 11.2 Å². The van der Waals surface area contributed by atoms with Crippen molar-refractivity contribution in [3.05, 3.63) is 29.3 Å². The Hall–Kier alpha value is -1.84. The van der Waals surface area contributed by atoms with E-state index in [0.29, 0.717) is 0 Å². The number of carbonyl (C=O) groups is 1. The van der Waals surface area contributed by atoms with Gasteiger partial charge in [0.1, 0.15) is 5.75 Å². The van der Waals surface area contributed by atoms with Gasteiger partial charge in [0.15, 0.2) is 0 Å². The standard InChI is InChI=1S/C13H14N2O2/c1-13-6-5-8-7-9(17-2)3-4-10(8)11(13)14-15-12(13)16/h3-4,7H,5-6H2,1-2H3,(H,15,16)/t13-/m0/s1. The number of hydrazone groups is 1. The van der Waals surface area contributed by atoms with Gasteiger partial charge in [-0.3, -0.25) is 4.79 Å². The molecule has 1 aromatic rings. The average Bonchev–Trinajstić information content (AvgIpc) is 2.65. The van der Waals surface area contributed by atoms with Gasteiger partial charge in [0.25, 0.3) is 5.91 Å². The Morgan fingerprint density at radius 1 is 1.47 bits per heavy atom. The van der Waals surface area contributed by atoms with Crippen molar-refractivity contribution in [1.82, 2.24) is 5.43 Å². The fourth-order valence-electron chi connectivity index (χ4n) is 2.57. The Morgan fingerprint density at radius 2 is 2.29 bits per heavy atom. The van der Waals surface area contributed by atoms with Crippen LogP contribution in [0.4, 0.5) is 0 Å². The third-order valence-electron chi connectivity index (χ3n) is 3.75. The molecule has 1 N–H and O–H groups in total. The molecule has 0 saturated heterocycles. The number of methoxy groups -OCH3 is 1. The van der Waals surface area contributed by atoms with Crippen LogP contribution in [0.3, 0.4) is 0 Å². The number of nitrogens with one attached hydrogen (secondary N) is 1. The summed E-state index contributed by atoms with van der Waals surface area (Å²) >= 11 is 0. The van der Waals surface area contributed by atoms with Crippen molar-refractivity contribution in [2.45, 2.75) is 19.8 Å². The summed E-state index contributed by atoms with van der Waals surface area (Å²) in [6.45, 7) is 1.96. The molecule has 2 aliphatic rings. The predicted octanol–water partition coefficient (Wildman–Crippen LogP) is 1.48. The Morgan fingerprint density at radius 3 is 3.06 bits per heavy atom. The van der Waals surface area contributed by atoms with E-state index in [9.17, 15) is 4.79 Å². The predicted molar refractivity (Wildman–Crippen MR) is 64.1 cm³/mol. The second kappa shape index (κ2) is 3.32. The summed E-state index contributed by atoms with van der Waals surface area (Å²) in [5, 5.41) is 4.18. The highest BCUT2D eigenvalue weighted by atomic mass is 16.5. The van der Waals surface area contributed by atoms with E-state index in [2.05, 4.69) is 10.5 Å². The van der Waals surface area contributed by atoms with E-state index in [-0.39, 0.29) is 5.91 Å². The summed E-state index contributed by atoms with van der Waals surface area (Å²) in [6.07, 6.45) is 1.69. The molecule has 0 fully saturated rings. The van der Waals surface area contributed by atoms with Crippen molar-refractivity contribution >= 4 is 11.6 Å². The molecule has 3 rings (SSSR count). The van der Waals surface area contributed by atoms with Crippen LogP contribution in [0.2, 0.25) is 0 Å². The molecule has 1 amide bonds. The third-order valence-corrected chi connectivity index (χ3v) is 3.75. The second-order valence-electron chi connectivity index (χ2n) is 4.76. The highest BCUT2D eigenvalue weighted by molar-refractivity contribution is 6.20. The lowest BCUT2D eigenvalue weighted by Crippen LogP contribution is -2.39. The van der Waals surface area contributed by atoms with Crippen molar-refractivity contribution in [3.63, 3.8) is 0 Å². The fourth-order valence-corrected chi connectivity index (χ4v) is 2.57. The van der Waals surface area contributed by atoms with Crippen molar-refractivity contribution in [3.8, 4) is 5.75 Å². The number of hydrogen-bond acceptors (Lipinski definition) is 3. The molecule has 0 spiro atoms. The van der Waals surface area contributed by atoms with Gasteiger partial charge in [0.2, 0.25) is 0 Å². The molecular formula is C13H14N2O2. The van der Waals surface area contributed by atoms with Gasteiger partial charge in [-0.1, -0.05) is 0 Å².